The zero-order valence-corrected chi connectivity index (χ0v) is 23.1. The first-order chi connectivity index (χ1) is 20.6. The Kier molecular flexibility index (Phi) is 6.80. The number of esters is 2. The summed E-state index contributed by atoms with van der Waals surface area (Å²) in [5, 5.41) is 43.4. The predicted molar refractivity (Wildman–Crippen MR) is 140 cm³/mol. The third kappa shape index (κ3) is 4.15. The van der Waals surface area contributed by atoms with Gasteiger partial charge in [0.1, 0.15) is 49.0 Å². The SMILES string of the molecule is COc1ccc(C(=O)OCC23C4OC5CC(O)(O4)C2CC53O[C@@H]2O[C@H](COC(=O)c3ccccc3)[C@@H](O)[C@H](O)[C@H]2O)cc1. The van der Waals surface area contributed by atoms with E-state index in [1.54, 1.807) is 54.6 Å². The number of hydrogen-bond acceptors (Lipinski definition) is 13. The van der Waals surface area contributed by atoms with Crippen LogP contribution in [0.25, 0.3) is 0 Å². The first kappa shape index (κ1) is 28.6. The molecule has 9 rings (SSSR count). The standard InChI is InChI=1S/C30H32O13/c1-37-17-9-7-16(8-10-17)25(35)39-14-28-19-11-29(28,20-12-30(19,36)43-27(28)41-20)42-26-23(33)22(32)21(31)18(40-26)13-38-24(34)15-5-3-2-4-6-15/h2-10,18-23,26-27,31-33,36H,11-14H2,1H3/t18-,19?,20?,21-,22+,23-,26+,27?,28?,29?,30?/m1/s1. The van der Waals surface area contributed by atoms with Crippen LogP contribution in [0.15, 0.2) is 54.6 Å². The number of methoxy groups -OCH3 is 1. The van der Waals surface area contributed by atoms with E-state index in [9.17, 15) is 30.0 Å². The Labute approximate surface area is 245 Å². The van der Waals surface area contributed by atoms with Gasteiger partial charge in [-0.05, 0) is 42.8 Å². The van der Waals surface area contributed by atoms with Crippen LogP contribution in [-0.2, 0) is 28.4 Å². The van der Waals surface area contributed by atoms with E-state index < -0.39 is 84.4 Å². The molecule has 7 aliphatic rings. The summed E-state index contributed by atoms with van der Waals surface area (Å²) in [5.74, 6) is -2.70. The van der Waals surface area contributed by atoms with Gasteiger partial charge in [-0.25, -0.2) is 9.59 Å². The smallest absolute Gasteiger partial charge is 0.338 e. The number of carbonyl (C=O) groups is 2. The zero-order valence-electron chi connectivity index (χ0n) is 23.1. The van der Waals surface area contributed by atoms with E-state index in [0.717, 1.165) is 0 Å². The van der Waals surface area contributed by atoms with Crippen LogP contribution >= 0.6 is 0 Å². The lowest BCUT2D eigenvalue weighted by atomic mass is 9.44. The fourth-order valence-corrected chi connectivity index (χ4v) is 7.34. The third-order valence-corrected chi connectivity index (χ3v) is 9.63. The van der Waals surface area contributed by atoms with E-state index in [-0.39, 0.29) is 25.0 Å². The van der Waals surface area contributed by atoms with Gasteiger partial charge in [-0.1, -0.05) is 18.2 Å². The molecule has 2 aromatic carbocycles. The summed E-state index contributed by atoms with van der Waals surface area (Å²) in [6.07, 6.45) is -9.00. The molecule has 13 heteroatoms. The summed E-state index contributed by atoms with van der Waals surface area (Å²) < 4.78 is 40.5. The molecule has 4 saturated heterocycles. The van der Waals surface area contributed by atoms with E-state index >= 15 is 0 Å². The highest BCUT2D eigenvalue weighted by Crippen LogP contribution is 2.78. The van der Waals surface area contributed by atoms with E-state index in [1.807, 2.05) is 0 Å². The molecule has 43 heavy (non-hydrogen) atoms. The third-order valence-electron chi connectivity index (χ3n) is 9.63. The van der Waals surface area contributed by atoms with Gasteiger partial charge in [-0.15, -0.1) is 0 Å². The molecule has 0 amide bonds. The van der Waals surface area contributed by atoms with Crippen LogP contribution in [0.4, 0.5) is 0 Å². The summed E-state index contributed by atoms with van der Waals surface area (Å²) >= 11 is 0. The highest BCUT2D eigenvalue weighted by atomic mass is 16.8. The fourth-order valence-electron chi connectivity index (χ4n) is 7.34. The Morgan fingerprint density at radius 1 is 0.884 bits per heavy atom. The van der Waals surface area contributed by atoms with Crippen LogP contribution in [0, 0.1) is 11.3 Å². The van der Waals surface area contributed by atoms with Crippen molar-refractivity contribution in [1.29, 1.82) is 0 Å². The molecule has 0 spiro atoms. The molecule has 6 unspecified atom stereocenters. The van der Waals surface area contributed by atoms with Gasteiger partial charge < -0.3 is 53.6 Å². The maximum absolute atomic E-state index is 13.0. The molecule has 7 fully saturated rings. The van der Waals surface area contributed by atoms with Crippen LogP contribution in [0.3, 0.4) is 0 Å². The van der Waals surface area contributed by atoms with Gasteiger partial charge in [-0.2, -0.15) is 0 Å². The topological polar surface area (TPSA) is 180 Å². The van der Waals surface area contributed by atoms with E-state index in [2.05, 4.69) is 0 Å². The van der Waals surface area contributed by atoms with E-state index in [0.29, 0.717) is 11.3 Å². The molecule has 0 aromatic heterocycles. The Morgan fingerprint density at radius 2 is 1.58 bits per heavy atom. The number of aliphatic hydroxyl groups is 4. The van der Waals surface area contributed by atoms with Crippen LogP contribution in [0.1, 0.15) is 33.6 Å². The van der Waals surface area contributed by atoms with Crippen molar-refractivity contribution in [1.82, 2.24) is 0 Å². The van der Waals surface area contributed by atoms with E-state index in [1.165, 1.54) is 7.11 Å². The minimum Gasteiger partial charge on any atom is -0.497 e. The highest BCUT2D eigenvalue weighted by Gasteiger charge is 2.91. The Morgan fingerprint density at radius 3 is 2.30 bits per heavy atom. The fraction of sp³-hybridized carbons (Fsp3) is 0.533. The summed E-state index contributed by atoms with van der Waals surface area (Å²) in [5.41, 5.74) is -1.77. The molecule has 4 aliphatic heterocycles. The van der Waals surface area contributed by atoms with Crippen molar-refractivity contribution in [3.63, 3.8) is 0 Å². The molecule has 3 saturated carbocycles. The number of benzene rings is 2. The van der Waals surface area contributed by atoms with Gasteiger partial charge in [-0.3, -0.25) is 0 Å². The summed E-state index contributed by atoms with van der Waals surface area (Å²) in [6, 6.07) is 14.6. The second-order valence-electron chi connectivity index (χ2n) is 11.7. The quantitative estimate of drug-likeness (QED) is 0.286. The average molecular weight is 601 g/mol. The van der Waals surface area contributed by atoms with Gasteiger partial charge in [0, 0.05) is 12.3 Å². The second kappa shape index (κ2) is 10.2. The van der Waals surface area contributed by atoms with Crippen molar-refractivity contribution in [2.75, 3.05) is 20.3 Å². The summed E-state index contributed by atoms with van der Waals surface area (Å²) in [4.78, 5) is 25.4. The van der Waals surface area contributed by atoms with Crippen LogP contribution < -0.4 is 4.74 Å². The minimum atomic E-state index is -1.69. The van der Waals surface area contributed by atoms with Crippen molar-refractivity contribution < 1.29 is 63.2 Å². The van der Waals surface area contributed by atoms with Gasteiger partial charge in [0.05, 0.1) is 29.8 Å². The Bertz CT molecular complexity index is 1390. The van der Waals surface area contributed by atoms with Gasteiger partial charge in [0.15, 0.2) is 18.4 Å². The molecular weight excluding hydrogens is 568 g/mol. The lowest BCUT2D eigenvalue weighted by Gasteiger charge is -2.64. The van der Waals surface area contributed by atoms with Crippen molar-refractivity contribution in [3.8, 4) is 5.75 Å². The van der Waals surface area contributed by atoms with Crippen molar-refractivity contribution in [3.05, 3.63) is 65.7 Å². The Balaban J connectivity index is 1.09. The average Bonchev–Trinajstić information content (AvgIpc) is 3.23. The number of aliphatic hydroxyl groups excluding tert-OH is 3. The lowest BCUT2D eigenvalue weighted by Crippen LogP contribution is -2.77. The molecule has 230 valence electrons. The molecule has 4 N–H and O–H groups in total. The number of rotatable bonds is 9. The number of carbonyl (C=O) groups excluding carboxylic acids is 2. The van der Waals surface area contributed by atoms with Gasteiger partial charge >= 0.3 is 11.9 Å². The predicted octanol–water partition coefficient (Wildman–Crippen LogP) is 0.126. The first-order valence-corrected chi connectivity index (χ1v) is 14.1. The van der Waals surface area contributed by atoms with Crippen LogP contribution in [-0.4, -0.2) is 107 Å². The van der Waals surface area contributed by atoms with E-state index in [4.69, 9.17) is 33.2 Å². The molecular formula is C30H32O13. The minimum absolute atomic E-state index is 0.0778. The summed E-state index contributed by atoms with van der Waals surface area (Å²) in [6.45, 7) is -0.650. The maximum atomic E-state index is 13.0. The molecule has 6 bridgehead atoms. The zero-order chi connectivity index (χ0) is 30.1. The van der Waals surface area contributed by atoms with Gasteiger partial charge in [0.25, 0.3) is 0 Å². The molecule has 0 radical (unpaired) electrons. The van der Waals surface area contributed by atoms with Crippen molar-refractivity contribution in [2.45, 2.75) is 67.3 Å². The lowest BCUT2D eigenvalue weighted by molar-refractivity contribution is -0.403. The monoisotopic (exact) mass is 600 g/mol. The maximum Gasteiger partial charge on any atom is 0.338 e. The van der Waals surface area contributed by atoms with Crippen LogP contribution in [0.5, 0.6) is 5.75 Å². The Hall–Kier alpha value is -3.14. The number of hydrogen-bond donors (Lipinski definition) is 4. The largest absolute Gasteiger partial charge is 0.497 e. The van der Waals surface area contributed by atoms with Crippen molar-refractivity contribution >= 4 is 11.9 Å². The number of ether oxygens (including phenoxy) is 7. The summed E-state index contributed by atoms with van der Waals surface area (Å²) in [7, 11) is 1.51. The van der Waals surface area contributed by atoms with Gasteiger partial charge in [0.2, 0.25) is 0 Å². The normalized spacial score (nSPS) is 41.9. The molecule has 13 nitrogen and oxygen atoms in total. The molecule has 4 heterocycles. The highest BCUT2D eigenvalue weighted by molar-refractivity contribution is 5.90. The first-order valence-electron chi connectivity index (χ1n) is 14.1. The molecule has 2 aromatic rings. The van der Waals surface area contributed by atoms with Crippen molar-refractivity contribution in [2.24, 2.45) is 11.3 Å². The second-order valence-corrected chi connectivity index (χ2v) is 11.7. The molecule has 3 aliphatic carbocycles. The van der Waals surface area contributed by atoms with Crippen LogP contribution in [0.2, 0.25) is 0 Å². The molecule has 11 atom stereocenters.